The number of rotatable bonds is 4. The Morgan fingerprint density at radius 2 is 1.71 bits per heavy atom. The molecule has 0 aromatic carbocycles. The van der Waals surface area contributed by atoms with Gasteiger partial charge in [0.1, 0.15) is 5.01 Å². The Morgan fingerprint density at radius 1 is 1.05 bits per heavy atom. The number of nitrogens with one attached hydrogen (secondary N) is 1. The molecule has 0 saturated heterocycles. The first-order chi connectivity index (χ1) is 9.89. The van der Waals surface area contributed by atoms with E-state index in [1.165, 1.54) is 55.6 Å². The first-order valence-corrected chi connectivity index (χ1v) is 9.52. The van der Waals surface area contributed by atoms with Crippen LogP contribution in [-0.2, 0) is 11.0 Å². The lowest BCUT2D eigenvalue weighted by Crippen LogP contribution is -2.47. The SMILES string of the molecule is CC(C)(C)c1csc(C(C)(NC2CC2)C2CCCCC2)n1. The van der Waals surface area contributed by atoms with Crippen molar-refractivity contribution in [1.82, 2.24) is 10.3 Å². The third-order valence-corrected chi connectivity index (χ3v) is 6.30. The quantitative estimate of drug-likeness (QED) is 0.848. The third-order valence-electron chi connectivity index (χ3n) is 5.22. The van der Waals surface area contributed by atoms with Crippen molar-refractivity contribution in [2.45, 2.75) is 89.6 Å². The molecular formula is C18H30N2S. The van der Waals surface area contributed by atoms with Gasteiger partial charge in [-0.2, -0.15) is 0 Å². The molecule has 1 aromatic heterocycles. The second-order valence-electron chi connectivity index (χ2n) is 8.24. The maximum atomic E-state index is 5.07. The average molecular weight is 307 g/mol. The second kappa shape index (κ2) is 5.66. The molecule has 118 valence electrons. The fraction of sp³-hybridized carbons (Fsp3) is 0.833. The Hall–Kier alpha value is -0.410. The molecule has 1 atom stereocenters. The van der Waals surface area contributed by atoms with Gasteiger partial charge < -0.3 is 5.32 Å². The van der Waals surface area contributed by atoms with Crippen LogP contribution in [0.3, 0.4) is 0 Å². The van der Waals surface area contributed by atoms with Crippen molar-refractivity contribution < 1.29 is 0 Å². The molecule has 3 rings (SSSR count). The highest BCUT2D eigenvalue weighted by molar-refractivity contribution is 7.09. The third kappa shape index (κ3) is 3.34. The van der Waals surface area contributed by atoms with Gasteiger partial charge in [-0.3, -0.25) is 0 Å². The topological polar surface area (TPSA) is 24.9 Å². The molecule has 21 heavy (non-hydrogen) atoms. The van der Waals surface area contributed by atoms with Crippen LogP contribution < -0.4 is 5.32 Å². The number of nitrogens with zero attached hydrogens (tertiary/aromatic N) is 1. The molecule has 0 bridgehead atoms. The molecule has 0 radical (unpaired) electrons. The standard InChI is InChI=1S/C18H30N2S/c1-17(2,3)15-12-21-16(19-15)18(4,20-14-10-11-14)13-8-6-5-7-9-13/h12-14,20H,5-11H2,1-4H3. The fourth-order valence-corrected chi connectivity index (χ4v) is 4.79. The summed E-state index contributed by atoms with van der Waals surface area (Å²) in [5.41, 5.74) is 1.50. The van der Waals surface area contributed by atoms with Gasteiger partial charge in [-0.15, -0.1) is 11.3 Å². The molecule has 2 aliphatic carbocycles. The zero-order chi connectivity index (χ0) is 15.1. The monoisotopic (exact) mass is 306 g/mol. The molecule has 1 unspecified atom stereocenters. The molecule has 1 N–H and O–H groups in total. The van der Waals surface area contributed by atoms with Gasteiger partial charge in [0.15, 0.2) is 0 Å². The van der Waals surface area contributed by atoms with Gasteiger partial charge in [0.25, 0.3) is 0 Å². The van der Waals surface area contributed by atoms with Gasteiger partial charge in [0.2, 0.25) is 0 Å². The molecule has 2 aliphatic rings. The van der Waals surface area contributed by atoms with Crippen LogP contribution in [0.15, 0.2) is 5.38 Å². The Labute approximate surface area is 133 Å². The van der Waals surface area contributed by atoms with E-state index in [0.29, 0.717) is 0 Å². The summed E-state index contributed by atoms with van der Waals surface area (Å²) in [5, 5.41) is 7.57. The van der Waals surface area contributed by atoms with Gasteiger partial charge in [-0.1, -0.05) is 40.0 Å². The first-order valence-electron chi connectivity index (χ1n) is 8.64. The molecule has 1 heterocycles. The smallest absolute Gasteiger partial charge is 0.113 e. The summed E-state index contributed by atoms with van der Waals surface area (Å²) in [6, 6.07) is 0.735. The number of hydrogen-bond donors (Lipinski definition) is 1. The normalized spacial score (nSPS) is 24.0. The molecule has 1 aromatic rings. The summed E-state index contributed by atoms with van der Waals surface area (Å²) in [6.45, 7) is 9.21. The van der Waals surface area contributed by atoms with Crippen LogP contribution in [0.25, 0.3) is 0 Å². The summed E-state index contributed by atoms with van der Waals surface area (Å²) >= 11 is 1.87. The maximum absolute atomic E-state index is 5.07. The van der Waals surface area contributed by atoms with Crippen molar-refractivity contribution >= 4 is 11.3 Å². The predicted molar refractivity (Wildman–Crippen MR) is 90.9 cm³/mol. The molecule has 2 saturated carbocycles. The minimum absolute atomic E-state index is 0.0930. The Morgan fingerprint density at radius 3 is 2.24 bits per heavy atom. The van der Waals surface area contributed by atoms with Crippen molar-refractivity contribution in [2.75, 3.05) is 0 Å². The lowest BCUT2D eigenvalue weighted by Gasteiger charge is -2.39. The molecule has 2 nitrogen and oxygen atoms in total. The summed E-state index contributed by atoms with van der Waals surface area (Å²) < 4.78 is 0. The van der Waals surface area contributed by atoms with Crippen molar-refractivity contribution in [3.05, 3.63) is 16.1 Å². The lowest BCUT2D eigenvalue weighted by atomic mass is 9.75. The van der Waals surface area contributed by atoms with E-state index in [9.17, 15) is 0 Å². The highest BCUT2D eigenvalue weighted by Gasteiger charge is 2.42. The Bertz CT molecular complexity index is 478. The summed E-state index contributed by atoms with van der Waals surface area (Å²) in [7, 11) is 0. The van der Waals surface area contributed by atoms with Gasteiger partial charge in [-0.05, 0) is 38.5 Å². The zero-order valence-electron chi connectivity index (χ0n) is 14.0. The number of aromatic nitrogens is 1. The first kappa shape index (κ1) is 15.5. The molecule has 0 aliphatic heterocycles. The van der Waals surface area contributed by atoms with Crippen LogP contribution in [0, 0.1) is 5.92 Å². The minimum Gasteiger partial charge on any atom is -0.303 e. The molecule has 2 fully saturated rings. The molecule has 3 heteroatoms. The van der Waals surface area contributed by atoms with E-state index < -0.39 is 0 Å². The summed E-state index contributed by atoms with van der Waals surface area (Å²) in [6.07, 6.45) is 9.62. The van der Waals surface area contributed by atoms with E-state index in [1.54, 1.807) is 0 Å². The highest BCUT2D eigenvalue weighted by Crippen LogP contribution is 2.43. The van der Waals surface area contributed by atoms with Gasteiger partial charge in [-0.25, -0.2) is 4.98 Å². The maximum Gasteiger partial charge on any atom is 0.113 e. The van der Waals surface area contributed by atoms with E-state index in [-0.39, 0.29) is 11.0 Å². The number of thiazole rings is 1. The van der Waals surface area contributed by atoms with Gasteiger partial charge >= 0.3 is 0 Å². The van der Waals surface area contributed by atoms with E-state index in [2.05, 4.69) is 38.4 Å². The van der Waals surface area contributed by atoms with E-state index >= 15 is 0 Å². The average Bonchev–Trinajstić information content (AvgIpc) is 3.09. The van der Waals surface area contributed by atoms with Crippen molar-refractivity contribution in [3.63, 3.8) is 0 Å². The summed E-state index contributed by atoms with van der Waals surface area (Å²) in [4.78, 5) is 5.07. The molecule has 0 amide bonds. The fourth-order valence-electron chi connectivity index (χ4n) is 3.54. The van der Waals surface area contributed by atoms with E-state index in [0.717, 1.165) is 12.0 Å². The van der Waals surface area contributed by atoms with Crippen LogP contribution in [0.1, 0.15) is 83.3 Å². The van der Waals surface area contributed by atoms with Gasteiger partial charge in [0.05, 0.1) is 11.2 Å². The van der Waals surface area contributed by atoms with Crippen LogP contribution in [-0.4, -0.2) is 11.0 Å². The summed E-state index contributed by atoms with van der Waals surface area (Å²) in [5.74, 6) is 0.755. The zero-order valence-corrected chi connectivity index (χ0v) is 14.9. The van der Waals surface area contributed by atoms with Crippen molar-refractivity contribution in [1.29, 1.82) is 0 Å². The highest BCUT2D eigenvalue weighted by atomic mass is 32.1. The molecule has 0 spiro atoms. The Balaban J connectivity index is 1.88. The van der Waals surface area contributed by atoms with Crippen LogP contribution in [0.2, 0.25) is 0 Å². The second-order valence-corrected chi connectivity index (χ2v) is 9.10. The van der Waals surface area contributed by atoms with Crippen LogP contribution >= 0.6 is 11.3 Å². The van der Waals surface area contributed by atoms with E-state index in [4.69, 9.17) is 4.98 Å². The minimum atomic E-state index is 0.0930. The molecular weight excluding hydrogens is 276 g/mol. The largest absolute Gasteiger partial charge is 0.303 e. The van der Waals surface area contributed by atoms with E-state index in [1.807, 2.05) is 11.3 Å². The Kier molecular flexibility index (Phi) is 4.17. The van der Waals surface area contributed by atoms with Crippen LogP contribution in [0.5, 0.6) is 0 Å². The van der Waals surface area contributed by atoms with Crippen LogP contribution in [0.4, 0.5) is 0 Å². The lowest BCUT2D eigenvalue weighted by molar-refractivity contribution is 0.174. The van der Waals surface area contributed by atoms with Crippen molar-refractivity contribution in [2.24, 2.45) is 5.92 Å². The number of hydrogen-bond acceptors (Lipinski definition) is 3. The van der Waals surface area contributed by atoms with Crippen molar-refractivity contribution in [3.8, 4) is 0 Å². The van der Waals surface area contributed by atoms with Gasteiger partial charge in [0, 0.05) is 16.8 Å². The predicted octanol–water partition coefficient (Wildman–Crippen LogP) is 4.99.